The number of urea groups is 1. The quantitative estimate of drug-likeness (QED) is 0.881. The molecule has 0 bridgehead atoms. The van der Waals surface area contributed by atoms with Gasteiger partial charge >= 0.3 is 6.03 Å². The zero-order valence-electron chi connectivity index (χ0n) is 13.5. The third-order valence-corrected chi connectivity index (χ3v) is 6.69. The molecule has 22 heavy (non-hydrogen) atoms. The second-order valence-electron chi connectivity index (χ2n) is 6.31. The number of carbonyl (C=O) groups is 1. The Bertz CT molecular complexity index is 650. The van der Waals surface area contributed by atoms with Crippen LogP contribution in [-0.4, -0.2) is 32.0 Å². The van der Waals surface area contributed by atoms with Crippen LogP contribution in [-0.2, 0) is 9.84 Å². The Morgan fingerprint density at radius 2 is 2.05 bits per heavy atom. The zero-order valence-corrected chi connectivity index (χ0v) is 15.1. The summed E-state index contributed by atoms with van der Waals surface area (Å²) in [5, 5.41) is 5.79. The van der Waals surface area contributed by atoms with Crippen LogP contribution in [0.5, 0.6) is 0 Å². The van der Waals surface area contributed by atoms with E-state index in [2.05, 4.69) is 44.4 Å². The lowest BCUT2D eigenvalue weighted by Gasteiger charge is -2.24. The van der Waals surface area contributed by atoms with Gasteiger partial charge in [0.15, 0.2) is 9.84 Å². The molecule has 1 aliphatic heterocycles. The van der Waals surface area contributed by atoms with Gasteiger partial charge in [-0.25, -0.2) is 13.2 Å². The summed E-state index contributed by atoms with van der Waals surface area (Å²) < 4.78 is 22.9. The van der Waals surface area contributed by atoms with E-state index in [1.807, 2.05) is 0 Å². The van der Waals surface area contributed by atoms with E-state index in [9.17, 15) is 13.2 Å². The molecule has 1 aromatic rings. The van der Waals surface area contributed by atoms with Crippen LogP contribution in [0.2, 0.25) is 0 Å². The molecule has 0 spiro atoms. The number of nitrogens with one attached hydrogen (secondary N) is 2. The van der Waals surface area contributed by atoms with Gasteiger partial charge in [-0.15, -0.1) is 11.3 Å². The molecular formula is C15H24N2O3S2. The van der Waals surface area contributed by atoms with Crippen molar-refractivity contribution < 1.29 is 13.2 Å². The molecule has 1 fully saturated rings. The predicted octanol–water partition coefficient (Wildman–Crippen LogP) is 2.55. The van der Waals surface area contributed by atoms with E-state index < -0.39 is 9.84 Å². The van der Waals surface area contributed by atoms with Gasteiger partial charge in [-0.1, -0.05) is 13.8 Å². The van der Waals surface area contributed by atoms with Gasteiger partial charge in [0.1, 0.15) is 0 Å². The van der Waals surface area contributed by atoms with E-state index in [1.165, 1.54) is 9.75 Å². The monoisotopic (exact) mass is 344 g/mol. The third kappa shape index (κ3) is 4.23. The number of carbonyl (C=O) groups excluding carboxylic acids is 1. The molecule has 2 N–H and O–H groups in total. The molecule has 7 heteroatoms. The van der Waals surface area contributed by atoms with Gasteiger partial charge < -0.3 is 10.6 Å². The highest BCUT2D eigenvalue weighted by Crippen LogP contribution is 2.30. The molecule has 0 radical (unpaired) electrons. The number of aryl methyl sites for hydroxylation is 2. The van der Waals surface area contributed by atoms with Crippen molar-refractivity contribution in [3.05, 3.63) is 21.4 Å². The van der Waals surface area contributed by atoms with Gasteiger partial charge in [0, 0.05) is 15.8 Å². The van der Waals surface area contributed by atoms with Gasteiger partial charge in [0.05, 0.1) is 17.5 Å². The maximum Gasteiger partial charge on any atom is 0.315 e. The average Bonchev–Trinajstić information content (AvgIpc) is 2.88. The van der Waals surface area contributed by atoms with Gasteiger partial charge in [-0.2, -0.15) is 0 Å². The number of sulfone groups is 1. The first kappa shape index (κ1) is 17.3. The van der Waals surface area contributed by atoms with E-state index >= 15 is 0 Å². The van der Waals surface area contributed by atoms with E-state index in [-0.39, 0.29) is 35.5 Å². The maximum absolute atomic E-state index is 12.2. The highest BCUT2D eigenvalue weighted by molar-refractivity contribution is 7.91. The topological polar surface area (TPSA) is 75.3 Å². The summed E-state index contributed by atoms with van der Waals surface area (Å²) in [5.74, 6) is 0.461. The summed E-state index contributed by atoms with van der Waals surface area (Å²) in [5.41, 5.74) is 1.15. The van der Waals surface area contributed by atoms with Gasteiger partial charge in [0.25, 0.3) is 0 Å². The fraction of sp³-hybridized carbons (Fsp3) is 0.667. The molecule has 1 saturated heterocycles. The smallest absolute Gasteiger partial charge is 0.315 e. The Morgan fingerprint density at radius 1 is 1.36 bits per heavy atom. The van der Waals surface area contributed by atoms with E-state index in [0.717, 1.165) is 5.56 Å². The largest absolute Gasteiger partial charge is 0.334 e. The number of hydrogen-bond acceptors (Lipinski definition) is 4. The molecule has 0 aromatic carbocycles. The molecule has 0 unspecified atom stereocenters. The highest BCUT2D eigenvalue weighted by Gasteiger charge is 2.30. The minimum Gasteiger partial charge on any atom is -0.334 e. The number of rotatable bonds is 4. The second-order valence-corrected chi connectivity index (χ2v) is 10.00. The maximum atomic E-state index is 12.2. The van der Waals surface area contributed by atoms with Crippen LogP contribution in [0.25, 0.3) is 0 Å². The van der Waals surface area contributed by atoms with Crippen LogP contribution in [0.1, 0.15) is 41.6 Å². The molecule has 1 aromatic heterocycles. The average molecular weight is 345 g/mol. The Labute approximate surface area is 136 Å². The first-order valence-corrected chi connectivity index (χ1v) is 10.2. The first-order valence-electron chi connectivity index (χ1n) is 7.52. The van der Waals surface area contributed by atoms with E-state index in [0.29, 0.717) is 6.42 Å². The predicted molar refractivity (Wildman–Crippen MR) is 90.1 cm³/mol. The summed E-state index contributed by atoms with van der Waals surface area (Å²) in [7, 11) is -2.98. The molecule has 2 rings (SSSR count). The summed E-state index contributed by atoms with van der Waals surface area (Å²) in [4.78, 5) is 14.6. The number of hydrogen-bond donors (Lipinski definition) is 2. The molecular weight excluding hydrogens is 320 g/mol. The Balaban J connectivity index is 2.02. The molecule has 2 heterocycles. The fourth-order valence-corrected chi connectivity index (χ4v) is 5.49. The molecule has 2 atom stereocenters. The minimum atomic E-state index is -2.98. The van der Waals surface area contributed by atoms with Crippen LogP contribution >= 0.6 is 11.3 Å². The normalized spacial score (nSPS) is 21.8. The SMILES string of the molecule is Cc1cc([C@H](NC(=O)N[C@H]2CCS(=O)(=O)C2)C(C)C)c(C)s1. The molecule has 0 saturated carbocycles. The zero-order chi connectivity index (χ0) is 16.5. The Kier molecular flexibility index (Phi) is 5.17. The van der Waals surface area contributed by atoms with Crippen molar-refractivity contribution in [1.82, 2.24) is 10.6 Å². The first-order chi connectivity index (χ1) is 10.2. The van der Waals surface area contributed by atoms with Gasteiger partial charge in [-0.3, -0.25) is 0 Å². The van der Waals surface area contributed by atoms with Gasteiger partial charge in [-0.05, 0) is 37.8 Å². The lowest BCUT2D eigenvalue weighted by molar-refractivity contribution is 0.230. The lowest BCUT2D eigenvalue weighted by atomic mass is 9.96. The lowest BCUT2D eigenvalue weighted by Crippen LogP contribution is -2.45. The minimum absolute atomic E-state index is 0.0450. The molecule has 0 aliphatic carbocycles. The van der Waals surface area contributed by atoms with Crippen LogP contribution in [0, 0.1) is 19.8 Å². The van der Waals surface area contributed by atoms with Crippen LogP contribution < -0.4 is 10.6 Å². The van der Waals surface area contributed by atoms with Crippen molar-refractivity contribution >= 4 is 27.2 Å². The fourth-order valence-electron chi connectivity index (χ4n) is 2.84. The summed E-state index contributed by atoms with van der Waals surface area (Å²) >= 11 is 1.72. The summed E-state index contributed by atoms with van der Waals surface area (Å²) in [6, 6.07) is 1.49. The Morgan fingerprint density at radius 3 is 2.50 bits per heavy atom. The van der Waals surface area contributed by atoms with Crippen molar-refractivity contribution in [1.29, 1.82) is 0 Å². The Hall–Kier alpha value is -1.08. The van der Waals surface area contributed by atoms with Crippen LogP contribution in [0.15, 0.2) is 6.07 Å². The van der Waals surface area contributed by atoms with E-state index in [1.54, 1.807) is 11.3 Å². The van der Waals surface area contributed by atoms with Gasteiger partial charge in [0.2, 0.25) is 0 Å². The second kappa shape index (κ2) is 6.58. The molecule has 1 aliphatic rings. The number of amides is 2. The molecule has 2 amide bonds. The molecule has 124 valence electrons. The molecule has 5 nitrogen and oxygen atoms in total. The highest BCUT2D eigenvalue weighted by atomic mass is 32.2. The van der Waals surface area contributed by atoms with Crippen molar-refractivity contribution in [2.45, 2.75) is 46.2 Å². The van der Waals surface area contributed by atoms with Crippen molar-refractivity contribution in [3.63, 3.8) is 0 Å². The number of thiophene rings is 1. The van der Waals surface area contributed by atoms with Crippen molar-refractivity contribution in [2.24, 2.45) is 5.92 Å². The van der Waals surface area contributed by atoms with Crippen molar-refractivity contribution in [2.75, 3.05) is 11.5 Å². The van der Waals surface area contributed by atoms with Crippen molar-refractivity contribution in [3.8, 4) is 0 Å². The van der Waals surface area contributed by atoms with E-state index in [4.69, 9.17) is 0 Å². The summed E-state index contributed by atoms with van der Waals surface area (Å²) in [6.07, 6.45) is 0.499. The van der Waals surface area contributed by atoms with Crippen LogP contribution in [0.3, 0.4) is 0 Å². The summed E-state index contributed by atoms with van der Waals surface area (Å²) in [6.45, 7) is 8.25. The third-order valence-electron chi connectivity index (χ3n) is 3.94. The standard InChI is InChI=1S/C15H24N2O3S2/c1-9(2)14(13-7-10(3)21-11(13)4)17-15(18)16-12-5-6-22(19,20)8-12/h7,9,12,14H,5-6,8H2,1-4H3,(H2,16,17,18)/t12-,14+/m0/s1. The van der Waals surface area contributed by atoms with Crippen LogP contribution in [0.4, 0.5) is 4.79 Å².